The van der Waals surface area contributed by atoms with Gasteiger partial charge < -0.3 is 9.47 Å². The molecule has 0 heterocycles. The fourth-order valence-electron chi connectivity index (χ4n) is 1.28. The van der Waals surface area contributed by atoms with Crippen LogP contribution in [-0.4, -0.2) is 18.5 Å². The summed E-state index contributed by atoms with van der Waals surface area (Å²) in [7, 11) is 0. The Hall–Kier alpha value is -2.35. The van der Waals surface area contributed by atoms with Crippen molar-refractivity contribution in [3.05, 3.63) is 35.4 Å². The molecule has 1 rings (SSSR count). The zero-order chi connectivity index (χ0) is 13.4. The summed E-state index contributed by atoms with van der Waals surface area (Å²) in [5, 5.41) is 8.70. The van der Waals surface area contributed by atoms with Gasteiger partial charge in [-0.1, -0.05) is 12.1 Å². The third kappa shape index (κ3) is 4.66. The van der Waals surface area contributed by atoms with Crippen LogP contribution < -0.4 is 0 Å². The van der Waals surface area contributed by atoms with Crippen molar-refractivity contribution in [2.45, 2.75) is 20.0 Å². The summed E-state index contributed by atoms with van der Waals surface area (Å²) in [6.07, 6.45) is -0.397. The predicted molar refractivity (Wildman–Crippen MR) is 62.2 cm³/mol. The quantitative estimate of drug-likeness (QED) is 0.583. The Labute approximate surface area is 105 Å². The SMILES string of the molecule is CCOC(=O)CC(=O)OCc1cccc(C#N)c1. The number of rotatable bonds is 5. The highest BCUT2D eigenvalue weighted by molar-refractivity contribution is 5.91. The molecule has 0 aliphatic rings. The normalized spacial score (nSPS) is 9.33. The second-order valence-electron chi connectivity index (χ2n) is 3.45. The third-order valence-corrected chi connectivity index (χ3v) is 2.05. The van der Waals surface area contributed by atoms with E-state index in [2.05, 4.69) is 4.74 Å². The number of benzene rings is 1. The lowest BCUT2D eigenvalue weighted by atomic mass is 10.1. The van der Waals surface area contributed by atoms with E-state index in [0.29, 0.717) is 11.1 Å². The van der Waals surface area contributed by atoms with Crippen LogP contribution in [0.3, 0.4) is 0 Å². The molecule has 0 saturated heterocycles. The van der Waals surface area contributed by atoms with Gasteiger partial charge in [0.15, 0.2) is 0 Å². The number of carbonyl (C=O) groups is 2. The van der Waals surface area contributed by atoms with Crippen LogP contribution in [0.2, 0.25) is 0 Å². The first-order chi connectivity index (χ1) is 8.65. The van der Waals surface area contributed by atoms with E-state index in [9.17, 15) is 9.59 Å². The number of hydrogen-bond donors (Lipinski definition) is 0. The van der Waals surface area contributed by atoms with Gasteiger partial charge in [-0.25, -0.2) is 0 Å². The lowest BCUT2D eigenvalue weighted by Gasteiger charge is -2.05. The van der Waals surface area contributed by atoms with Gasteiger partial charge in [-0.3, -0.25) is 9.59 Å². The lowest BCUT2D eigenvalue weighted by molar-refractivity contribution is -0.155. The van der Waals surface area contributed by atoms with Gasteiger partial charge in [0.1, 0.15) is 13.0 Å². The second kappa shape index (κ2) is 7.07. The van der Waals surface area contributed by atoms with Crippen molar-refractivity contribution < 1.29 is 19.1 Å². The molecule has 0 unspecified atom stereocenters. The summed E-state index contributed by atoms with van der Waals surface area (Å²) in [5.74, 6) is -1.25. The minimum atomic E-state index is -0.643. The van der Waals surface area contributed by atoms with Gasteiger partial charge in [0.2, 0.25) is 0 Å². The van der Waals surface area contributed by atoms with E-state index in [4.69, 9.17) is 10.00 Å². The number of nitriles is 1. The van der Waals surface area contributed by atoms with Gasteiger partial charge in [0.05, 0.1) is 18.2 Å². The molecule has 0 aliphatic carbocycles. The number of carbonyl (C=O) groups excluding carboxylic acids is 2. The van der Waals surface area contributed by atoms with Gasteiger partial charge in [-0.2, -0.15) is 5.26 Å². The number of ether oxygens (including phenoxy) is 2. The van der Waals surface area contributed by atoms with Crippen LogP contribution >= 0.6 is 0 Å². The lowest BCUT2D eigenvalue weighted by Crippen LogP contribution is -2.13. The molecule has 0 saturated carbocycles. The molecule has 94 valence electrons. The molecule has 1 aromatic rings. The molecule has 0 aromatic heterocycles. The first-order valence-corrected chi connectivity index (χ1v) is 5.46. The van der Waals surface area contributed by atoms with E-state index in [1.54, 1.807) is 31.2 Å². The molecule has 0 N–H and O–H groups in total. The van der Waals surface area contributed by atoms with Crippen molar-refractivity contribution >= 4 is 11.9 Å². The Kier molecular flexibility index (Phi) is 5.39. The summed E-state index contributed by atoms with van der Waals surface area (Å²) < 4.78 is 9.51. The molecule has 0 amide bonds. The molecular weight excluding hydrogens is 234 g/mol. The molecule has 0 aliphatic heterocycles. The number of hydrogen-bond acceptors (Lipinski definition) is 5. The van der Waals surface area contributed by atoms with E-state index in [1.807, 2.05) is 6.07 Å². The molecular formula is C13H13NO4. The highest BCUT2D eigenvalue weighted by Crippen LogP contribution is 2.06. The fraction of sp³-hybridized carbons (Fsp3) is 0.308. The molecule has 5 heteroatoms. The summed E-state index contributed by atoms with van der Waals surface area (Å²) in [5.41, 5.74) is 1.19. The maximum atomic E-state index is 11.3. The summed E-state index contributed by atoms with van der Waals surface area (Å²) >= 11 is 0. The van der Waals surface area contributed by atoms with Crippen LogP contribution in [0, 0.1) is 11.3 Å². The van der Waals surface area contributed by atoms with Gasteiger partial charge in [-0.05, 0) is 24.6 Å². The predicted octanol–water partition coefficient (Wildman–Crippen LogP) is 1.55. The van der Waals surface area contributed by atoms with Crippen molar-refractivity contribution in [1.82, 2.24) is 0 Å². The van der Waals surface area contributed by atoms with Gasteiger partial charge in [0, 0.05) is 0 Å². The standard InChI is InChI=1S/C13H13NO4/c1-2-17-12(15)7-13(16)18-9-11-5-3-4-10(6-11)8-14/h3-6H,2,7,9H2,1H3. The zero-order valence-corrected chi connectivity index (χ0v) is 10.0. The summed E-state index contributed by atoms with van der Waals surface area (Å²) in [6, 6.07) is 8.70. The van der Waals surface area contributed by atoms with Crippen LogP contribution in [0.5, 0.6) is 0 Å². The maximum absolute atomic E-state index is 11.3. The van der Waals surface area contributed by atoms with Crippen LogP contribution in [-0.2, 0) is 25.7 Å². The summed E-state index contributed by atoms with van der Waals surface area (Å²) in [6.45, 7) is 1.93. The number of nitrogens with zero attached hydrogens (tertiary/aromatic N) is 1. The maximum Gasteiger partial charge on any atom is 0.317 e. The van der Waals surface area contributed by atoms with Crippen molar-refractivity contribution in [3.63, 3.8) is 0 Å². The van der Waals surface area contributed by atoms with E-state index < -0.39 is 18.4 Å². The van der Waals surface area contributed by atoms with Crippen molar-refractivity contribution in [2.75, 3.05) is 6.61 Å². The van der Waals surface area contributed by atoms with Gasteiger partial charge in [-0.15, -0.1) is 0 Å². The smallest absolute Gasteiger partial charge is 0.317 e. The second-order valence-corrected chi connectivity index (χ2v) is 3.45. The first-order valence-electron chi connectivity index (χ1n) is 5.46. The molecule has 1 aromatic carbocycles. The Morgan fingerprint density at radius 3 is 2.67 bits per heavy atom. The van der Waals surface area contributed by atoms with E-state index >= 15 is 0 Å². The fourth-order valence-corrected chi connectivity index (χ4v) is 1.28. The van der Waals surface area contributed by atoms with Gasteiger partial charge >= 0.3 is 11.9 Å². The average Bonchev–Trinajstić information content (AvgIpc) is 2.37. The molecule has 0 bridgehead atoms. The minimum absolute atomic E-state index is 0.0355. The molecule has 18 heavy (non-hydrogen) atoms. The van der Waals surface area contributed by atoms with Crippen LogP contribution in [0.1, 0.15) is 24.5 Å². The zero-order valence-electron chi connectivity index (χ0n) is 10.0. The van der Waals surface area contributed by atoms with E-state index in [-0.39, 0.29) is 13.2 Å². The Morgan fingerprint density at radius 2 is 2.00 bits per heavy atom. The van der Waals surface area contributed by atoms with Crippen molar-refractivity contribution in [1.29, 1.82) is 5.26 Å². The Bertz CT molecular complexity index is 476. The molecule has 0 atom stereocenters. The van der Waals surface area contributed by atoms with E-state index in [1.165, 1.54) is 0 Å². The minimum Gasteiger partial charge on any atom is -0.466 e. The van der Waals surface area contributed by atoms with Gasteiger partial charge in [0.25, 0.3) is 0 Å². The van der Waals surface area contributed by atoms with E-state index in [0.717, 1.165) is 0 Å². The topological polar surface area (TPSA) is 76.4 Å². The number of esters is 2. The molecule has 0 radical (unpaired) electrons. The molecule has 0 fully saturated rings. The summed E-state index contributed by atoms with van der Waals surface area (Å²) in [4.78, 5) is 22.3. The third-order valence-electron chi connectivity index (χ3n) is 2.05. The first kappa shape index (κ1) is 13.7. The average molecular weight is 247 g/mol. The Balaban J connectivity index is 2.43. The molecule has 5 nitrogen and oxygen atoms in total. The highest BCUT2D eigenvalue weighted by Gasteiger charge is 2.11. The van der Waals surface area contributed by atoms with Crippen molar-refractivity contribution in [3.8, 4) is 6.07 Å². The monoisotopic (exact) mass is 247 g/mol. The highest BCUT2D eigenvalue weighted by atomic mass is 16.6. The van der Waals surface area contributed by atoms with Crippen LogP contribution in [0.4, 0.5) is 0 Å². The van der Waals surface area contributed by atoms with Crippen LogP contribution in [0.25, 0.3) is 0 Å². The van der Waals surface area contributed by atoms with Crippen molar-refractivity contribution in [2.24, 2.45) is 0 Å². The Morgan fingerprint density at radius 1 is 1.28 bits per heavy atom. The largest absolute Gasteiger partial charge is 0.466 e. The van der Waals surface area contributed by atoms with Crippen LogP contribution in [0.15, 0.2) is 24.3 Å². The molecule has 0 spiro atoms.